The van der Waals surface area contributed by atoms with Gasteiger partial charge in [0.05, 0.1) is 16.6 Å². The first-order chi connectivity index (χ1) is 11.2. The molecule has 0 saturated heterocycles. The minimum Gasteiger partial charge on any atom is -0.344 e. The van der Waals surface area contributed by atoms with Crippen molar-refractivity contribution in [2.24, 2.45) is 7.05 Å². The topological polar surface area (TPSA) is 59.8 Å². The fourth-order valence-electron chi connectivity index (χ4n) is 2.48. The van der Waals surface area contributed by atoms with E-state index in [0.717, 1.165) is 22.6 Å². The fraction of sp³-hybridized carbons (Fsp3) is 0.235. The molecule has 5 nitrogen and oxygen atoms in total. The van der Waals surface area contributed by atoms with Crippen LogP contribution >= 0.6 is 11.3 Å². The van der Waals surface area contributed by atoms with E-state index in [2.05, 4.69) is 15.4 Å². The van der Waals surface area contributed by atoms with E-state index < -0.39 is 0 Å². The molecule has 0 radical (unpaired) electrons. The molecule has 3 aromatic rings. The van der Waals surface area contributed by atoms with Crippen LogP contribution in [-0.4, -0.2) is 20.7 Å². The minimum atomic E-state index is -0.160. The Morgan fingerprint density at radius 3 is 2.78 bits per heavy atom. The van der Waals surface area contributed by atoms with E-state index in [9.17, 15) is 4.79 Å². The zero-order valence-electron chi connectivity index (χ0n) is 13.1. The Labute approximate surface area is 139 Å². The number of rotatable bonds is 5. The number of carbonyl (C=O) groups excluding carboxylic acids is 1. The van der Waals surface area contributed by atoms with Crippen LogP contribution in [0.4, 0.5) is 0 Å². The Hall–Kier alpha value is -2.47. The second-order valence-electron chi connectivity index (χ2n) is 5.23. The largest absolute Gasteiger partial charge is 0.344 e. The van der Waals surface area contributed by atoms with Gasteiger partial charge in [0.2, 0.25) is 0 Å². The first kappa shape index (κ1) is 15.4. The molecule has 118 valence electrons. The molecule has 1 amide bonds. The smallest absolute Gasteiger partial charge is 0.272 e. The monoisotopic (exact) mass is 326 g/mol. The molecule has 0 spiro atoms. The third-order valence-electron chi connectivity index (χ3n) is 3.71. The van der Waals surface area contributed by atoms with Crippen molar-refractivity contribution in [1.29, 1.82) is 0 Å². The van der Waals surface area contributed by atoms with E-state index in [1.165, 1.54) is 0 Å². The number of pyridine rings is 1. The second kappa shape index (κ2) is 6.75. The lowest BCUT2D eigenvalue weighted by Gasteiger charge is -2.16. The molecule has 0 aromatic carbocycles. The maximum atomic E-state index is 12.5. The van der Waals surface area contributed by atoms with Crippen LogP contribution in [0.25, 0.3) is 10.6 Å². The average molecular weight is 326 g/mol. The summed E-state index contributed by atoms with van der Waals surface area (Å²) in [6.07, 6.45) is 4.28. The van der Waals surface area contributed by atoms with Gasteiger partial charge in [0.15, 0.2) is 5.69 Å². The lowest BCUT2D eigenvalue weighted by atomic mass is 10.1. The Morgan fingerprint density at radius 2 is 2.13 bits per heavy atom. The predicted octanol–water partition coefficient (Wildman–Crippen LogP) is 3.42. The van der Waals surface area contributed by atoms with Crippen LogP contribution in [0.5, 0.6) is 0 Å². The van der Waals surface area contributed by atoms with Gasteiger partial charge in [-0.2, -0.15) is 5.10 Å². The number of amides is 1. The van der Waals surface area contributed by atoms with E-state index in [0.29, 0.717) is 5.69 Å². The molecule has 3 aromatic heterocycles. The average Bonchev–Trinajstić information content (AvgIpc) is 3.22. The van der Waals surface area contributed by atoms with Gasteiger partial charge in [0, 0.05) is 19.4 Å². The number of nitrogens with one attached hydrogen (secondary N) is 1. The molecule has 0 fully saturated rings. The van der Waals surface area contributed by atoms with Crippen LogP contribution in [0.3, 0.4) is 0 Å². The number of aromatic nitrogens is 3. The van der Waals surface area contributed by atoms with Gasteiger partial charge in [-0.25, -0.2) is 0 Å². The fourth-order valence-corrected chi connectivity index (χ4v) is 3.25. The molecule has 3 heterocycles. The zero-order valence-corrected chi connectivity index (χ0v) is 13.9. The van der Waals surface area contributed by atoms with Gasteiger partial charge >= 0.3 is 0 Å². The summed E-state index contributed by atoms with van der Waals surface area (Å²) in [6.45, 7) is 2.04. The van der Waals surface area contributed by atoms with Crippen molar-refractivity contribution < 1.29 is 4.79 Å². The van der Waals surface area contributed by atoms with Crippen LogP contribution in [0, 0.1) is 0 Å². The first-order valence-electron chi connectivity index (χ1n) is 7.47. The summed E-state index contributed by atoms with van der Waals surface area (Å²) in [5, 5.41) is 9.40. The lowest BCUT2D eigenvalue weighted by molar-refractivity contribution is 0.0929. The summed E-state index contributed by atoms with van der Waals surface area (Å²) in [5.74, 6) is -0.160. The number of aryl methyl sites for hydroxylation is 1. The number of nitrogens with zero attached hydrogens (tertiary/aromatic N) is 3. The van der Waals surface area contributed by atoms with Crippen molar-refractivity contribution in [3.63, 3.8) is 0 Å². The maximum absolute atomic E-state index is 12.5. The van der Waals surface area contributed by atoms with Crippen LogP contribution in [0.15, 0.2) is 48.1 Å². The predicted molar refractivity (Wildman–Crippen MR) is 91.3 cm³/mol. The Morgan fingerprint density at radius 1 is 1.35 bits per heavy atom. The van der Waals surface area contributed by atoms with E-state index in [4.69, 9.17) is 0 Å². The zero-order chi connectivity index (χ0) is 16.2. The Bertz CT molecular complexity index is 780. The molecule has 1 atom stereocenters. The lowest BCUT2D eigenvalue weighted by Crippen LogP contribution is -2.28. The van der Waals surface area contributed by atoms with Gasteiger partial charge in [0.1, 0.15) is 0 Å². The number of hydrogen-bond donors (Lipinski definition) is 1. The highest BCUT2D eigenvalue weighted by Crippen LogP contribution is 2.25. The van der Waals surface area contributed by atoms with Crippen molar-refractivity contribution in [3.05, 3.63) is 59.4 Å². The molecular formula is C17H18N4OS. The van der Waals surface area contributed by atoms with Crippen molar-refractivity contribution in [2.75, 3.05) is 0 Å². The van der Waals surface area contributed by atoms with Gasteiger partial charge < -0.3 is 5.32 Å². The number of thiophene rings is 1. The highest BCUT2D eigenvalue weighted by atomic mass is 32.1. The summed E-state index contributed by atoms with van der Waals surface area (Å²) in [5.41, 5.74) is 2.43. The summed E-state index contributed by atoms with van der Waals surface area (Å²) >= 11 is 1.63. The summed E-state index contributed by atoms with van der Waals surface area (Å²) < 4.78 is 1.74. The van der Waals surface area contributed by atoms with E-state index in [1.807, 2.05) is 49.7 Å². The highest BCUT2D eigenvalue weighted by molar-refractivity contribution is 7.13. The normalized spacial score (nSPS) is 12.1. The van der Waals surface area contributed by atoms with E-state index in [-0.39, 0.29) is 11.9 Å². The molecular weight excluding hydrogens is 308 g/mol. The van der Waals surface area contributed by atoms with Gasteiger partial charge in [0.25, 0.3) is 5.91 Å². The van der Waals surface area contributed by atoms with Crippen molar-refractivity contribution >= 4 is 17.2 Å². The minimum absolute atomic E-state index is 0.0438. The van der Waals surface area contributed by atoms with Crippen molar-refractivity contribution in [1.82, 2.24) is 20.1 Å². The molecule has 23 heavy (non-hydrogen) atoms. The molecule has 0 aliphatic rings. The van der Waals surface area contributed by atoms with Gasteiger partial charge in [-0.1, -0.05) is 13.0 Å². The maximum Gasteiger partial charge on any atom is 0.272 e. The third kappa shape index (κ3) is 3.32. The molecule has 0 saturated carbocycles. The van der Waals surface area contributed by atoms with Gasteiger partial charge in [-0.15, -0.1) is 11.3 Å². The van der Waals surface area contributed by atoms with Crippen molar-refractivity contribution in [2.45, 2.75) is 19.4 Å². The third-order valence-corrected chi connectivity index (χ3v) is 4.60. The van der Waals surface area contributed by atoms with Crippen molar-refractivity contribution in [3.8, 4) is 10.6 Å². The highest BCUT2D eigenvalue weighted by Gasteiger charge is 2.18. The molecule has 0 aliphatic heterocycles. The van der Waals surface area contributed by atoms with Gasteiger partial charge in [-0.3, -0.25) is 14.5 Å². The summed E-state index contributed by atoms with van der Waals surface area (Å²) in [7, 11) is 1.85. The molecule has 0 unspecified atom stereocenters. The van der Waals surface area contributed by atoms with E-state index >= 15 is 0 Å². The Balaban J connectivity index is 1.79. The summed E-state index contributed by atoms with van der Waals surface area (Å²) in [4.78, 5) is 17.6. The molecule has 0 aliphatic carbocycles. The Kier molecular flexibility index (Phi) is 4.52. The molecule has 0 bridgehead atoms. The van der Waals surface area contributed by atoms with Crippen LogP contribution in [0.2, 0.25) is 0 Å². The van der Waals surface area contributed by atoms with Crippen LogP contribution in [0.1, 0.15) is 35.4 Å². The molecule has 3 rings (SSSR count). The van der Waals surface area contributed by atoms with Crippen LogP contribution < -0.4 is 5.32 Å². The van der Waals surface area contributed by atoms with Gasteiger partial charge in [-0.05, 0) is 41.6 Å². The van der Waals surface area contributed by atoms with Crippen LogP contribution in [-0.2, 0) is 7.05 Å². The van der Waals surface area contributed by atoms with E-state index in [1.54, 1.807) is 28.4 Å². The second-order valence-corrected chi connectivity index (χ2v) is 6.18. The first-order valence-corrected chi connectivity index (χ1v) is 8.35. The number of hydrogen-bond acceptors (Lipinski definition) is 4. The molecule has 1 N–H and O–H groups in total. The summed E-state index contributed by atoms with van der Waals surface area (Å²) in [6, 6.07) is 9.64. The molecule has 6 heteroatoms. The SMILES string of the molecule is CC[C@@H](NC(=O)c1cc(-c2cccs2)n(C)n1)c1ccncc1. The quantitative estimate of drug-likeness (QED) is 0.781. The standard InChI is InChI=1S/C17H18N4OS/c1-3-13(12-6-8-18-9-7-12)19-17(22)14-11-15(21(2)20-14)16-5-4-10-23-16/h4-11,13H,3H2,1-2H3,(H,19,22)/t13-/m1/s1. The number of carbonyl (C=O) groups is 1.